The normalized spacial score (nSPS) is 9.08. The summed E-state index contributed by atoms with van der Waals surface area (Å²) in [6.45, 7) is 0. The summed E-state index contributed by atoms with van der Waals surface area (Å²) >= 11 is 6.85. The van der Waals surface area contributed by atoms with Crippen LogP contribution in [0.1, 0.15) is 5.56 Å². The fraction of sp³-hybridized carbons (Fsp3) is 0.125. The molecule has 4 heteroatoms. The number of isocyanates is 1. The van der Waals surface area contributed by atoms with Crippen LogP contribution in [0.25, 0.3) is 0 Å². The maximum absolute atomic E-state index is 9.72. The first-order valence-corrected chi connectivity index (χ1v) is 4.58. The molecule has 0 aliphatic carbocycles. The van der Waals surface area contributed by atoms with Gasteiger partial charge >= 0.3 is 0 Å². The lowest BCUT2D eigenvalue weighted by Gasteiger charge is -1.95. The van der Waals surface area contributed by atoms with E-state index in [1.165, 1.54) is 18.0 Å². The summed E-state index contributed by atoms with van der Waals surface area (Å²) in [5.41, 5.74) is 1.09. The molecule has 1 aromatic carbocycles. The Hall–Kier alpha value is -0.760. The lowest BCUT2D eigenvalue weighted by Crippen LogP contribution is -1.76. The fourth-order valence-corrected chi connectivity index (χ4v) is 1.30. The predicted octanol–water partition coefficient (Wildman–Crippen LogP) is 2.82. The second kappa shape index (κ2) is 4.99. The average Bonchev–Trinajstić information content (AvgIpc) is 2.09. The van der Waals surface area contributed by atoms with E-state index in [1.54, 1.807) is 0 Å². The molecule has 0 bridgehead atoms. The molecule has 12 heavy (non-hydrogen) atoms. The quantitative estimate of drug-likeness (QED) is 0.426. The molecule has 0 N–H and O–H groups in total. The first-order chi connectivity index (χ1) is 5.83. The molecule has 0 unspecified atom stereocenters. The lowest BCUT2D eigenvalue weighted by molar-refractivity contribution is 0.566. The highest BCUT2D eigenvalue weighted by molar-refractivity contribution is 7.97. The SMILES string of the molecule is O=C=NSCc1ccc(Cl)cc1. The number of hydrogen-bond acceptors (Lipinski definition) is 3. The van der Waals surface area contributed by atoms with Gasteiger partial charge in [0, 0.05) is 10.8 Å². The van der Waals surface area contributed by atoms with Crippen LogP contribution in [0.4, 0.5) is 0 Å². The molecular formula is C8H6ClNOS. The Labute approximate surface area is 79.8 Å². The number of rotatable bonds is 3. The van der Waals surface area contributed by atoms with Crippen LogP contribution in [0.3, 0.4) is 0 Å². The van der Waals surface area contributed by atoms with Gasteiger partial charge in [-0.05, 0) is 29.6 Å². The van der Waals surface area contributed by atoms with Crippen molar-refractivity contribution in [3.8, 4) is 0 Å². The summed E-state index contributed by atoms with van der Waals surface area (Å²) in [4.78, 5) is 9.72. The predicted molar refractivity (Wildman–Crippen MR) is 50.9 cm³/mol. The number of carbonyl (C=O) groups excluding carboxylic acids is 1. The van der Waals surface area contributed by atoms with Crippen molar-refractivity contribution in [3.63, 3.8) is 0 Å². The van der Waals surface area contributed by atoms with Gasteiger partial charge in [0.2, 0.25) is 6.08 Å². The van der Waals surface area contributed by atoms with E-state index in [0.29, 0.717) is 10.8 Å². The molecule has 62 valence electrons. The molecule has 0 aliphatic rings. The zero-order valence-corrected chi connectivity index (χ0v) is 7.73. The standard InChI is InChI=1S/C8H6ClNOS/c9-8-3-1-7(2-4-8)5-12-10-6-11/h1-4H,5H2. The number of nitrogens with zero attached hydrogens (tertiary/aromatic N) is 1. The molecule has 0 radical (unpaired) electrons. The third-order valence-electron chi connectivity index (χ3n) is 1.25. The van der Waals surface area contributed by atoms with E-state index in [2.05, 4.69) is 4.40 Å². The molecule has 0 atom stereocenters. The molecule has 1 aromatic rings. The Morgan fingerprint density at radius 3 is 2.67 bits per heavy atom. The Kier molecular flexibility index (Phi) is 3.88. The van der Waals surface area contributed by atoms with Crippen molar-refractivity contribution in [2.45, 2.75) is 5.75 Å². The molecule has 0 amide bonds. The maximum Gasteiger partial charge on any atom is 0.247 e. The van der Waals surface area contributed by atoms with Crippen molar-refractivity contribution < 1.29 is 4.79 Å². The third-order valence-corrected chi connectivity index (χ3v) is 2.16. The number of hydrogen-bond donors (Lipinski definition) is 0. The van der Waals surface area contributed by atoms with E-state index < -0.39 is 0 Å². The molecular weight excluding hydrogens is 194 g/mol. The topological polar surface area (TPSA) is 29.4 Å². The summed E-state index contributed by atoms with van der Waals surface area (Å²) in [5, 5.41) is 0.711. The third kappa shape index (κ3) is 3.09. The Morgan fingerprint density at radius 1 is 1.42 bits per heavy atom. The molecule has 0 fully saturated rings. The molecule has 0 aromatic heterocycles. The van der Waals surface area contributed by atoms with Crippen LogP contribution in [-0.2, 0) is 10.5 Å². The monoisotopic (exact) mass is 199 g/mol. The van der Waals surface area contributed by atoms with E-state index in [-0.39, 0.29) is 0 Å². The van der Waals surface area contributed by atoms with Gasteiger partial charge < -0.3 is 0 Å². The molecule has 2 nitrogen and oxygen atoms in total. The van der Waals surface area contributed by atoms with Gasteiger partial charge in [-0.1, -0.05) is 23.7 Å². The van der Waals surface area contributed by atoms with Crippen molar-refractivity contribution in [3.05, 3.63) is 34.9 Å². The number of benzene rings is 1. The van der Waals surface area contributed by atoms with Gasteiger partial charge in [0.25, 0.3) is 0 Å². The molecule has 0 saturated carbocycles. The maximum atomic E-state index is 9.72. The largest absolute Gasteiger partial charge is 0.247 e. The summed E-state index contributed by atoms with van der Waals surface area (Å²) in [7, 11) is 0. The van der Waals surface area contributed by atoms with E-state index >= 15 is 0 Å². The van der Waals surface area contributed by atoms with Crippen LogP contribution >= 0.6 is 23.5 Å². The first kappa shape index (κ1) is 9.33. The van der Waals surface area contributed by atoms with Crippen molar-refractivity contribution in [2.75, 3.05) is 0 Å². The smallest absolute Gasteiger partial charge is 0.210 e. The average molecular weight is 200 g/mol. The summed E-state index contributed by atoms with van der Waals surface area (Å²) in [5.74, 6) is 0.673. The number of halogens is 1. The van der Waals surface area contributed by atoms with Gasteiger partial charge in [0.05, 0.1) is 0 Å². The van der Waals surface area contributed by atoms with Crippen LogP contribution in [0.15, 0.2) is 28.7 Å². The summed E-state index contributed by atoms with van der Waals surface area (Å²) in [6.07, 6.45) is 1.46. The zero-order valence-electron chi connectivity index (χ0n) is 6.16. The van der Waals surface area contributed by atoms with Gasteiger partial charge in [0.1, 0.15) is 0 Å². The van der Waals surface area contributed by atoms with Gasteiger partial charge in [-0.25, -0.2) is 4.79 Å². The van der Waals surface area contributed by atoms with Crippen LogP contribution < -0.4 is 0 Å². The highest BCUT2D eigenvalue weighted by atomic mass is 35.5. The van der Waals surface area contributed by atoms with E-state index in [4.69, 9.17) is 11.6 Å². The van der Waals surface area contributed by atoms with E-state index in [9.17, 15) is 4.79 Å². The minimum atomic E-state index is 0.673. The highest BCUT2D eigenvalue weighted by Gasteiger charge is 1.91. The molecule has 0 saturated heterocycles. The minimum Gasteiger partial charge on any atom is -0.210 e. The van der Waals surface area contributed by atoms with Crippen molar-refractivity contribution >= 4 is 29.6 Å². The van der Waals surface area contributed by atoms with Crippen LogP contribution in [0.5, 0.6) is 0 Å². The summed E-state index contributed by atoms with van der Waals surface area (Å²) in [6, 6.07) is 7.41. The fourth-order valence-electron chi connectivity index (χ4n) is 0.714. The minimum absolute atomic E-state index is 0.673. The van der Waals surface area contributed by atoms with Gasteiger partial charge in [-0.2, -0.15) is 0 Å². The molecule has 0 spiro atoms. The van der Waals surface area contributed by atoms with E-state index in [1.807, 2.05) is 24.3 Å². The van der Waals surface area contributed by atoms with Crippen molar-refractivity contribution in [2.24, 2.45) is 4.40 Å². The second-order valence-corrected chi connectivity index (χ2v) is 3.25. The Balaban J connectivity index is 2.53. The molecule has 0 heterocycles. The Bertz CT molecular complexity index is 292. The van der Waals surface area contributed by atoms with Crippen LogP contribution in [-0.4, -0.2) is 6.08 Å². The summed E-state index contributed by atoms with van der Waals surface area (Å²) < 4.78 is 3.37. The van der Waals surface area contributed by atoms with Gasteiger partial charge in [-0.3, -0.25) is 0 Å². The first-order valence-electron chi connectivity index (χ1n) is 3.26. The van der Waals surface area contributed by atoms with E-state index in [0.717, 1.165) is 5.56 Å². The molecule has 1 rings (SSSR count). The lowest BCUT2D eigenvalue weighted by atomic mass is 10.2. The second-order valence-electron chi connectivity index (χ2n) is 2.08. The van der Waals surface area contributed by atoms with Gasteiger partial charge in [-0.15, -0.1) is 4.40 Å². The highest BCUT2D eigenvalue weighted by Crippen LogP contribution is 2.15. The Morgan fingerprint density at radius 2 is 2.08 bits per heavy atom. The van der Waals surface area contributed by atoms with Crippen LogP contribution in [0.2, 0.25) is 5.02 Å². The van der Waals surface area contributed by atoms with Crippen molar-refractivity contribution in [1.82, 2.24) is 0 Å². The molecule has 0 aliphatic heterocycles. The zero-order chi connectivity index (χ0) is 8.81. The van der Waals surface area contributed by atoms with Crippen molar-refractivity contribution in [1.29, 1.82) is 0 Å². The van der Waals surface area contributed by atoms with Crippen LogP contribution in [0, 0.1) is 0 Å². The van der Waals surface area contributed by atoms with Gasteiger partial charge in [0.15, 0.2) is 0 Å².